The summed E-state index contributed by atoms with van der Waals surface area (Å²) in [6, 6.07) is 8.30. The first-order chi connectivity index (χ1) is 13.7. The van der Waals surface area contributed by atoms with Gasteiger partial charge in [0.15, 0.2) is 0 Å². The lowest BCUT2D eigenvalue weighted by molar-refractivity contribution is -0.126. The number of rotatable bonds is 7. The van der Waals surface area contributed by atoms with Crippen LogP contribution in [0.25, 0.3) is 0 Å². The Morgan fingerprint density at radius 2 is 1.69 bits per heavy atom. The molecule has 1 fully saturated rings. The van der Waals surface area contributed by atoms with Crippen molar-refractivity contribution in [3.8, 4) is 0 Å². The van der Waals surface area contributed by atoms with E-state index in [0.29, 0.717) is 32.5 Å². The third kappa shape index (κ3) is 7.35. The normalized spacial score (nSPS) is 15.4. The second kappa shape index (κ2) is 10.6. The molecule has 162 valence electrons. The molecule has 29 heavy (non-hydrogen) atoms. The van der Waals surface area contributed by atoms with Crippen LogP contribution in [0, 0.1) is 5.92 Å². The Balaban J connectivity index is 1.84. The molecular weight excluding hydrogens is 366 g/mol. The van der Waals surface area contributed by atoms with Gasteiger partial charge < -0.3 is 15.0 Å². The molecule has 0 unspecified atom stereocenters. The van der Waals surface area contributed by atoms with Crippen LogP contribution in [0.3, 0.4) is 0 Å². The number of hydrogen-bond donors (Lipinski definition) is 1. The van der Waals surface area contributed by atoms with Gasteiger partial charge in [-0.2, -0.15) is 0 Å². The Hall–Kier alpha value is -2.08. The molecular formula is C23H37N3O3. The van der Waals surface area contributed by atoms with Crippen LogP contribution in [0.4, 0.5) is 4.79 Å². The quantitative estimate of drug-likeness (QED) is 0.752. The van der Waals surface area contributed by atoms with E-state index in [1.807, 2.05) is 26.8 Å². The Morgan fingerprint density at radius 1 is 1.10 bits per heavy atom. The summed E-state index contributed by atoms with van der Waals surface area (Å²) >= 11 is 0. The molecule has 1 aliphatic heterocycles. The monoisotopic (exact) mass is 403 g/mol. The predicted molar refractivity (Wildman–Crippen MR) is 115 cm³/mol. The average Bonchev–Trinajstić information content (AvgIpc) is 2.69. The van der Waals surface area contributed by atoms with Gasteiger partial charge in [-0.1, -0.05) is 38.1 Å². The van der Waals surface area contributed by atoms with Crippen molar-refractivity contribution in [2.24, 2.45) is 5.92 Å². The predicted octanol–water partition coefficient (Wildman–Crippen LogP) is 3.79. The Morgan fingerprint density at radius 3 is 2.24 bits per heavy atom. The molecule has 1 aromatic rings. The zero-order valence-corrected chi connectivity index (χ0v) is 18.7. The second-order valence-electron chi connectivity index (χ2n) is 8.69. The van der Waals surface area contributed by atoms with E-state index in [2.05, 4.69) is 42.3 Å². The van der Waals surface area contributed by atoms with E-state index in [9.17, 15) is 9.59 Å². The van der Waals surface area contributed by atoms with Gasteiger partial charge in [0.1, 0.15) is 5.60 Å². The van der Waals surface area contributed by atoms with E-state index in [-0.39, 0.29) is 17.9 Å². The number of carbonyl (C=O) groups excluding carboxylic acids is 2. The number of nitrogens with one attached hydrogen (secondary N) is 1. The summed E-state index contributed by atoms with van der Waals surface area (Å²) in [6.45, 7) is 14.5. The van der Waals surface area contributed by atoms with E-state index in [4.69, 9.17) is 4.74 Å². The summed E-state index contributed by atoms with van der Waals surface area (Å²) in [6.07, 6.45) is 1.06. The van der Waals surface area contributed by atoms with E-state index < -0.39 is 5.60 Å². The zero-order chi connectivity index (χ0) is 21.4. The molecule has 0 spiro atoms. The molecule has 0 aliphatic carbocycles. The summed E-state index contributed by atoms with van der Waals surface area (Å²) in [4.78, 5) is 28.9. The number of hydrogen-bond acceptors (Lipinski definition) is 4. The third-order valence-corrected chi connectivity index (χ3v) is 5.38. The fraction of sp³-hybridized carbons (Fsp3) is 0.652. The van der Waals surface area contributed by atoms with Crippen molar-refractivity contribution in [1.82, 2.24) is 15.1 Å². The summed E-state index contributed by atoms with van der Waals surface area (Å²) in [5.74, 6) is 0.0233. The number of piperidine rings is 1. The van der Waals surface area contributed by atoms with Crippen molar-refractivity contribution in [2.45, 2.75) is 66.2 Å². The van der Waals surface area contributed by atoms with Crippen molar-refractivity contribution < 1.29 is 14.3 Å². The maximum Gasteiger partial charge on any atom is 0.410 e. The Labute approximate surface area is 175 Å². The minimum atomic E-state index is -0.496. The van der Waals surface area contributed by atoms with E-state index in [1.54, 1.807) is 4.90 Å². The number of amides is 2. The molecule has 1 aromatic carbocycles. The van der Waals surface area contributed by atoms with Crippen molar-refractivity contribution in [3.05, 3.63) is 35.4 Å². The van der Waals surface area contributed by atoms with E-state index >= 15 is 0 Å². The third-order valence-electron chi connectivity index (χ3n) is 5.38. The molecule has 0 saturated carbocycles. The van der Waals surface area contributed by atoms with Gasteiger partial charge in [0, 0.05) is 32.1 Å². The van der Waals surface area contributed by atoms with Crippen molar-refractivity contribution in [3.63, 3.8) is 0 Å². The molecule has 2 rings (SSSR count). The Bertz CT molecular complexity index is 672. The average molecular weight is 404 g/mol. The molecule has 6 nitrogen and oxygen atoms in total. The van der Waals surface area contributed by atoms with Gasteiger partial charge in [0.25, 0.3) is 0 Å². The fourth-order valence-electron chi connectivity index (χ4n) is 3.55. The molecule has 0 bridgehead atoms. The van der Waals surface area contributed by atoms with Gasteiger partial charge in [-0.15, -0.1) is 0 Å². The van der Waals surface area contributed by atoms with Crippen LogP contribution in [0.2, 0.25) is 0 Å². The lowest BCUT2D eigenvalue weighted by atomic mass is 9.96. The summed E-state index contributed by atoms with van der Waals surface area (Å²) < 4.78 is 5.42. The lowest BCUT2D eigenvalue weighted by Gasteiger charge is -2.33. The molecule has 0 aromatic heterocycles. The number of carbonyl (C=O) groups is 2. The van der Waals surface area contributed by atoms with Crippen LogP contribution < -0.4 is 5.32 Å². The minimum absolute atomic E-state index is 0.0522. The summed E-state index contributed by atoms with van der Waals surface area (Å²) in [7, 11) is 0. The number of ether oxygens (including phenoxy) is 1. The molecule has 0 radical (unpaired) electrons. The van der Waals surface area contributed by atoms with Crippen molar-refractivity contribution >= 4 is 12.0 Å². The topological polar surface area (TPSA) is 61.9 Å². The molecule has 0 atom stereocenters. The molecule has 2 amide bonds. The first kappa shape index (κ1) is 23.2. The fourth-order valence-corrected chi connectivity index (χ4v) is 3.55. The van der Waals surface area contributed by atoms with Gasteiger partial charge in [0.05, 0.1) is 0 Å². The maximum atomic E-state index is 12.7. The maximum absolute atomic E-state index is 12.7. The van der Waals surface area contributed by atoms with Crippen LogP contribution in [0.15, 0.2) is 24.3 Å². The lowest BCUT2D eigenvalue weighted by Crippen LogP contribution is -2.44. The van der Waals surface area contributed by atoms with Gasteiger partial charge in [-0.25, -0.2) is 4.79 Å². The summed E-state index contributed by atoms with van der Waals surface area (Å²) in [5, 5.41) is 3.11. The highest BCUT2D eigenvalue weighted by Gasteiger charge is 2.29. The Kier molecular flexibility index (Phi) is 8.50. The van der Waals surface area contributed by atoms with Crippen LogP contribution in [0.5, 0.6) is 0 Å². The van der Waals surface area contributed by atoms with Crippen LogP contribution in [0.1, 0.15) is 58.6 Å². The smallest absolute Gasteiger partial charge is 0.410 e. The van der Waals surface area contributed by atoms with Gasteiger partial charge in [0.2, 0.25) is 5.91 Å². The van der Waals surface area contributed by atoms with Gasteiger partial charge in [-0.05, 0) is 57.8 Å². The molecule has 1 N–H and O–H groups in total. The molecule has 1 heterocycles. The minimum Gasteiger partial charge on any atom is -0.444 e. The standard InChI is InChI=1S/C23H37N3O3/c1-6-25(7-2)17-20-11-9-8-10-19(20)16-24-21(27)18-12-14-26(15-13-18)22(28)29-23(3,4)5/h8-11,18H,6-7,12-17H2,1-5H3,(H,24,27). The van der Waals surface area contributed by atoms with Crippen molar-refractivity contribution in [1.29, 1.82) is 0 Å². The highest BCUT2D eigenvalue weighted by Crippen LogP contribution is 2.20. The summed E-state index contributed by atoms with van der Waals surface area (Å²) in [5.41, 5.74) is 1.93. The zero-order valence-electron chi connectivity index (χ0n) is 18.7. The van der Waals surface area contributed by atoms with E-state index in [1.165, 1.54) is 11.1 Å². The number of likely N-dealkylation sites (tertiary alicyclic amines) is 1. The highest BCUT2D eigenvalue weighted by molar-refractivity contribution is 5.79. The number of nitrogens with zero attached hydrogens (tertiary/aromatic N) is 2. The van der Waals surface area contributed by atoms with Crippen LogP contribution in [-0.4, -0.2) is 53.6 Å². The van der Waals surface area contributed by atoms with Crippen molar-refractivity contribution in [2.75, 3.05) is 26.2 Å². The second-order valence-corrected chi connectivity index (χ2v) is 8.69. The largest absolute Gasteiger partial charge is 0.444 e. The van der Waals surface area contributed by atoms with Gasteiger partial charge >= 0.3 is 6.09 Å². The first-order valence-corrected chi connectivity index (χ1v) is 10.8. The molecule has 6 heteroatoms. The first-order valence-electron chi connectivity index (χ1n) is 10.8. The van der Waals surface area contributed by atoms with E-state index in [0.717, 1.165) is 19.6 Å². The SMILES string of the molecule is CCN(CC)Cc1ccccc1CNC(=O)C1CCN(C(=O)OC(C)(C)C)CC1. The van der Waals surface area contributed by atoms with Crippen LogP contribution in [-0.2, 0) is 22.6 Å². The molecule has 1 aliphatic rings. The van der Waals surface area contributed by atoms with Gasteiger partial charge in [-0.3, -0.25) is 9.69 Å². The molecule has 1 saturated heterocycles. The number of benzene rings is 1. The van der Waals surface area contributed by atoms with Crippen LogP contribution >= 0.6 is 0 Å². The highest BCUT2D eigenvalue weighted by atomic mass is 16.6.